The Bertz CT molecular complexity index is 1050. The van der Waals surface area contributed by atoms with Crippen molar-refractivity contribution in [1.82, 2.24) is 0 Å². The SMILES string of the molecule is CCCc1ccccc1N(c1cc(S(=O)(=O)c2ccccc2)cs1)S(=O)O. The average Bonchev–Trinajstić information content (AvgIpc) is 3.14. The Morgan fingerprint density at radius 2 is 1.70 bits per heavy atom. The minimum atomic E-state index is -3.68. The van der Waals surface area contributed by atoms with Crippen LogP contribution in [0.3, 0.4) is 0 Å². The third-order valence-electron chi connectivity index (χ3n) is 4.01. The van der Waals surface area contributed by atoms with E-state index in [0.717, 1.165) is 29.7 Å². The van der Waals surface area contributed by atoms with E-state index in [0.29, 0.717) is 10.7 Å². The highest BCUT2D eigenvalue weighted by Crippen LogP contribution is 2.37. The van der Waals surface area contributed by atoms with E-state index in [1.807, 2.05) is 19.1 Å². The minimum Gasteiger partial charge on any atom is -0.289 e. The molecular weight excluding hydrogens is 402 g/mol. The number of para-hydroxylation sites is 1. The topological polar surface area (TPSA) is 74.7 Å². The molecule has 1 heterocycles. The first-order valence-electron chi connectivity index (χ1n) is 8.33. The van der Waals surface area contributed by atoms with Gasteiger partial charge in [0.05, 0.1) is 15.5 Å². The van der Waals surface area contributed by atoms with Gasteiger partial charge in [0.25, 0.3) is 11.3 Å². The summed E-state index contributed by atoms with van der Waals surface area (Å²) in [5.74, 6) is 0. The normalized spacial score (nSPS) is 12.7. The molecule has 1 aromatic heterocycles. The first-order valence-corrected chi connectivity index (χ1v) is 11.8. The van der Waals surface area contributed by atoms with Crippen LogP contribution in [0.1, 0.15) is 18.9 Å². The van der Waals surface area contributed by atoms with Crippen molar-refractivity contribution in [3.8, 4) is 0 Å². The lowest BCUT2D eigenvalue weighted by molar-refractivity contribution is 0.564. The fourth-order valence-electron chi connectivity index (χ4n) is 2.76. The highest BCUT2D eigenvalue weighted by atomic mass is 32.2. The van der Waals surface area contributed by atoms with Gasteiger partial charge in [-0.15, -0.1) is 11.3 Å². The molecular formula is C19H19NO4S3. The quantitative estimate of drug-likeness (QED) is 0.556. The number of thiophene rings is 1. The molecule has 0 spiro atoms. The zero-order chi connectivity index (χ0) is 19.4. The van der Waals surface area contributed by atoms with Gasteiger partial charge in [-0.1, -0.05) is 49.7 Å². The van der Waals surface area contributed by atoms with Crippen LogP contribution in [-0.4, -0.2) is 17.2 Å². The molecule has 1 N–H and O–H groups in total. The molecule has 142 valence electrons. The number of benzene rings is 2. The molecule has 27 heavy (non-hydrogen) atoms. The van der Waals surface area contributed by atoms with Gasteiger partial charge in [0.15, 0.2) is 0 Å². The van der Waals surface area contributed by atoms with Crippen LogP contribution in [0.25, 0.3) is 0 Å². The van der Waals surface area contributed by atoms with Crippen LogP contribution in [0.4, 0.5) is 10.7 Å². The Morgan fingerprint density at radius 3 is 2.37 bits per heavy atom. The van der Waals surface area contributed by atoms with E-state index < -0.39 is 21.1 Å². The van der Waals surface area contributed by atoms with Crippen LogP contribution in [0, 0.1) is 0 Å². The summed E-state index contributed by atoms with van der Waals surface area (Å²) in [6.07, 6.45) is 1.64. The molecule has 8 heteroatoms. The van der Waals surface area contributed by atoms with Crippen LogP contribution in [0.5, 0.6) is 0 Å². The van der Waals surface area contributed by atoms with Crippen molar-refractivity contribution in [2.24, 2.45) is 0 Å². The third-order valence-corrected chi connectivity index (χ3v) is 7.64. The Hall–Kier alpha value is -2.00. The second kappa shape index (κ2) is 8.35. The van der Waals surface area contributed by atoms with Gasteiger partial charge < -0.3 is 0 Å². The van der Waals surface area contributed by atoms with Crippen LogP contribution < -0.4 is 4.31 Å². The Labute approximate surface area is 165 Å². The number of nitrogens with zero attached hydrogens (tertiary/aromatic N) is 1. The highest BCUT2D eigenvalue weighted by Gasteiger charge is 2.24. The van der Waals surface area contributed by atoms with Gasteiger partial charge in [0.1, 0.15) is 5.00 Å². The number of anilines is 2. The molecule has 1 unspecified atom stereocenters. The predicted octanol–water partition coefficient (Wildman–Crippen LogP) is 4.81. The van der Waals surface area contributed by atoms with Gasteiger partial charge in [0.2, 0.25) is 9.84 Å². The predicted molar refractivity (Wildman–Crippen MR) is 110 cm³/mol. The van der Waals surface area contributed by atoms with Crippen LogP contribution in [-0.2, 0) is 27.5 Å². The van der Waals surface area contributed by atoms with Crippen molar-refractivity contribution < 1.29 is 17.2 Å². The molecule has 1 atom stereocenters. The van der Waals surface area contributed by atoms with E-state index in [-0.39, 0.29) is 9.79 Å². The van der Waals surface area contributed by atoms with Crippen molar-refractivity contribution in [3.05, 3.63) is 71.6 Å². The first-order chi connectivity index (χ1) is 12.9. The lowest BCUT2D eigenvalue weighted by Crippen LogP contribution is -2.19. The summed E-state index contributed by atoms with van der Waals surface area (Å²) in [6.45, 7) is 2.03. The summed E-state index contributed by atoms with van der Waals surface area (Å²) < 4.78 is 48.8. The lowest BCUT2D eigenvalue weighted by atomic mass is 10.1. The number of hydrogen-bond acceptors (Lipinski definition) is 4. The largest absolute Gasteiger partial charge is 0.289 e. The molecule has 2 aromatic carbocycles. The van der Waals surface area contributed by atoms with E-state index in [1.165, 1.54) is 27.9 Å². The number of rotatable bonds is 7. The van der Waals surface area contributed by atoms with E-state index in [9.17, 15) is 17.2 Å². The number of aryl methyl sites for hydroxylation is 1. The molecule has 0 aliphatic heterocycles. The first kappa shape index (κ1) is 19.8. The monoisotopic (exact) mass is 421 g/mol. The van der Waals surface area contributed by atoms with Crippen molar-refractivity contribution in [2.75, 3.05) is 4.31 Å². The van der Waals surface area contributed by atoms with E-state index in [1.54, 1.807) is 30.3 Å². The molecule has 0 aliphatic rings. The summed E-state index contributed by atoms with van der Waals surface area (Å²) in [4.78, 5) is 0.300. The van der Waals surface area contributed by atoms with Crippen LogP contribution in [0.2, 0.25) is 0 Å². The summed E-state index contributed by atoms with van der Waals surface area (Å²) in [5.41, 5.74) is 1.54. The molecule has 0 bridgehead atoms. The fourth-order valence-corrected chi connectivity index (χ4v) is 6.11. The number of sulfone groups is 1. The smallest absolute Gasteiger partial charge is 0.267 e. The lowest BCUT2D eigenvalue weighted by Gasteiger charge is -2.21. The van der Waals surface area contributed by atoms with E-state index >= 15 is 0 Å². The minimum absolute atomic E-state index is 0.108. The van der Waals surface area contributed by atoms with Gasteiger partial charge in [0, 0.05) is 5.38 Å². The molecule has 0 radical (unpaired) electrons. The average molecular weight is 422 g/mol. The Kier molecular flexibility index (Phi) is 6.11. The molecule has 0 saturated heterocycles. The van der Waals surface area contributed by atoms with Crippen molar-refractivity contribution in [2.45, 2.75) is 29.6 Å². The molecule has 3 rings (SSSR count). The maximum absolute atomic E-state index is 12.8. The fraction of sp³-hybridized carbons (Fsp3) is 0.158. The van der Waals surface area contributed by atoms with Crippen LogP contribution in [0.15, 0.2) is 75.8 Å². The molecule has 0 fully saturated rings. The zero-order valence-corrected chi connectivity index (χ0v) is 17.1. The van der Waals surface area contributed by atoms with E-state index in [2.05, 4.69) is 0 Å². The van der Waals surface area contributed by atoms with E-state index in [4.69, 9.17) is 0 Å². The maximum atomic E-state index is 12.8. The van der Waals surface area contributed by atoms with Gasteiger partial charge in [-0.05, 0) is 36.2 Å². The van der Waals surface area contributed by atoms with Gasteiger partial charge in [-0.25, -0.2) is 16.9 Å². The molecule has 0 saturated carbocycles. The zero-order valence-electron chi connectivity index (χ0n) is 14.6. The second-order valence-electron chi connectivity index (χ2n) is 5.84. The standard InChI is InChI=1S/C19H19NO4S3/c1-2-8-15-9-6-7-12-18(15)20(26(21)22)19-13-17(14-25-19)27(23,24)16-10-4-3-5-11-16/h3-7,9-14H,2,8H2,1H3,(H,21,22). The molecule has 3 aromatic rings. The number of hydrogen-bond donors (Lipinski definition) is 1. The summed E-state index contributed by atoms with van der Waals surface area (Å²) in [6, 6.07) is 16.9. The third kappa shape index (κ3) is 4.14. The van der Waals surface area contributed by atoms with Crippen molar-refractivity contribution >= 4 is 43.1 Å². The highest BCUT2D eigenvalue weighted by molar-refractivity contribution is 7.91. The van der Waals surface area contributed by atoms with Gasteiger partial charge in [-0.2, -0.15) is 0 Å². The summed E-state index contributed by atoms with van der Waals surface area (Å²) >= 11 is -1.21. The summed E-state index contributed by atoms with van der Waals surface area (Å²) in [5, 5.41) is 1.90. The van der Waals surface area contributed by atoms with Crippen molar-refractivity contribution in [3.63, 3.8) is 0 Å². The molecule has 0 amide bonds. The maximum Gasteiger partial charge on any atom is 0.267 e. The Balaban J connectivity index is 2.04. The molecule has 5 nitrogen and oxygen atoms in total. The summed E-state index contributed by atoms with van der Waals surface area (Å²) in [7, 11) is -3.68. The van der Waals surface area contributed by atoms with Crippen LogP contribution >= 0.6 is 11.3 Å². The van der Waals surface area contributed by atoms with Crippen molar-refractivity contribution in [1.29, 1.82) is 0 Å². The second-order valence-corrected chi connectivity index (χ2v) is 9.51. The Morgan fingerprint density at radius 1 is 1.04 bits per heavy atom. The van der Waals surface area contributed by atoms with Gasteiger partial charge in [-0.3, -0.25) is 4.55 Å². The molecule has 0 aliphatic carbocycles. The van der Waals surface area contributed by atoms with Gasteiger partial charge >= 0.3 is 0 Å².